The van der Waals surface area contributed by atoms with Gasteiger partial charge in [-0.1, -0.05) is 41.7 Å². The van der Waals surface area contributed by atoms with Gasteiger partial charge in [-0.3, -0.25) is 9.36 Å². The van der Waals surface area contributed by atoms with Crippen LogP contribution in [0, 0.1) is 0 Å². The number of nitrogens with zero attached hydrogens (tertiary/aromatic N) is 2. The fraction of sp³-hybridized carbons (Fsp3) is 0.269. The first-order valence-corrected chi connectivity index (χ1v) is 11.9. The maximum atomic E-state index is 13.7. The van der Waals surface area contributed by atoms with Crippen molar-refractivity contribution in [2.24, 2.45) is 4.99 Å². The number of aromatic nitrogens is 1. The number of thiazole rings is 1. The molecule has 1 aliphatic rings. The Morgan fingerprint density at radius 1 is 1.24 bits per heavy atom. The Hall–Kier alpha value is -3.65. The van der Waals surface area contributed by atoms with E-state index >= 15 is 0 Å². The van der Waals surface area contributed by atoms with Crippen molar-refractivity contribution in [3.63, 3.8) is 0 Å². The van der Waals surface area contributed by atoms with E-state index in [2.05, 4.69) is 4.99 Å². The van der Waals surface area contributed by atoms with E-state index in [1.807, 2.05) is 38.1 Å². The van der Waals surface area contributed by atoms with Crippen molar-refractivity contribution < 1.29 is 19.4 Å². The number of aromatic hydroxyl groups is 1. The number of allylic oxidation sites excluding steroid dienone is 1. The van der Waals surface area contributed by atoms with Gasteiger partial charge in [0.25, 0.3) is 5.56 Å². The Morgan fingerprint density at radius 3 is 2.71 bits per heavy atom. The van der Waals surface area contributed by atoms with Crippen LogP contribution in [0.25, 0.3) is 6.08 Å². The lowest BCUT2D eigenvalue weighted by Crippen LogP contribution is -2.40. The predicted molar refractivity (Wildman–Crippen MR) is 131 cm³/mol. The number of hydrogen-bond donors (Lipinski definition) is 1. The minimum Gasteiger partial charge on any atom is -0.508 e. The zero-order chi connectivity index (χ0) is 24.4. The SMILES string of the molecule is CCOC(=O)C1=C(C)N=c2s/c(=C/c3cccc(O)c3)c(=O)n2[C@H]1c1ccccc1OC(C)C. The molecule has 0 aliphatic carbocycles. The average Bonchev–Trinajstić information content (AvgIpc) is 3.07. The van der Waals surface area contributed by atoms with Gasteiger partial charge in [-0.05, 0) is 57.5 Å². The average molecular weight is 479 g/mol. The van der Waals surface area contributed by atoms with Gasteiger partial charge in [0.05, 0.1) is 28.5 Å². The molecule has 4 rings (SSSR count). The standard InChI is InChI=1S/C26H26N2O5S/c1-5-32-25(31)22-16(4)27-26-28(23(22)19-11-6-7-12-20(19)33-15(2)3)24(30)21(34-26)14-17-9-8-10-18(29)13-17/h6-15,23,29H,5H2,1-4H3/b21-14+/t23-/m0/s1. The summed E-state index contributed by atoms with van der Waals surface area (Å²) in [6, 6.07) is 13.3. The summed E-state index contributed by atoms with van der Waals surface area (Å²) in [6.07, 6.45) is 1.61. The zero-order valence-electron chi connectivity index (χ0n) is 19.4. The molecule has 7 nitrogen and oxygen atoms in total. The second-order valence-corrected chi connectivity index (χ2v) is 9.11. The number of carbonyl (C=O) groups is 1. The van der Waals surface area contributed by atoms with Gasteiger partial charge in [0.2, 0.25) is 0 Å². The molecule has 2 heterocycles. The fourth-order valence-corrected chi connectivity index (χ4v) is 4.97. The largest absolute Gasteiger partial charge is 0.508 e. The molecule has 0 amide bonds. The van der Waals surface area contributed by atoms with Crippen molar-refractivity contribution in [2.75, 3.05) is 6.61 Å². The Kier molecular flexibility index (Phi) is 6.70. The molecule has 1 N–H and O–H groups in total. The van der Waals surface area contributed by atoms with Crippen LogP contribution in [0.15, 0.2) is 69.6 Å². The monoisotopic (exact) mass is 478 g/mol. The topological polar surface area (TPSA) is 90.1 Å². The van der Waals surface area contributed by atoms with Gasteiger partial charge in [0.1, 0.15) is 17.5 Å². The highest BCUT2D eigenvalue weighted by Crippen LogP contribution is 2.36. The van der Waals surface area contributed by atoms with Crippen LogP contribution in [0.5, 0.6) is 11.5 Å². The third-order valence-electron chi connectivity index (χ3n) is 5.26. The molecule has 8 heteroatoms. The molecule has 0 spiro atoms. The van der Waals surface area contributed by atoms with Crippen molar-refractivity contribution in [3.05, 3.63) is 90.6 Å². The quantitative estimate of drug-likeness (QED) is 0.549. The number of phenolic OH excluding ortho intramolecular Hbond substituents is 1. The number of esters is 1. The first-order chi connectivity index (χ1) is 16.3. The third kappa shape index (κ3) is 4.54. The lowest BCUT2D eigenvalue weighted by atomic mass is 9.95. The van der Waals surface area contributed by atoms with E-state index in [1.165, 1.54) is 15.9 Å². The number of phenols is 1. The molecule has 34 heavy (non-hydrogen) atoms. The summed E-state index contributed by atoms with van der Waals surface area (Å²) in [7, 11) is 0. The normalized spacial score (nSPS) is 15.8. The van der Waals surface area contributed by atoms with Crippen LogP contribution < -0.4 is 19.6 Å². The van der Waals surface area contributed by atoms with Crippen LogP contribution in [0.4, 0.5) is 0 Å². The molecule has 0 saturated heterocycles. The van der Waals surface area contributed by atoms with E-state index in [1.54, 1.807) is 44.2 Å². The Morgan fingerprint density at radius 2 is 2.00 bits per heavy atom. The molecule has 0 fully saturated rings. The minimum atomic E-state index is -0.753. The van der Waals surface area contributed by atoms with Crippen LogP contribution in [0.3, 0.4) is 0 Å². The molecule has 0 saturated carbocycles. The lowest BCUT2D eigenvalue weighted by molar-refractivity contribution is -0.139. The van der Waals surface area contributed by atoms with Crippen LogP contribution in [-0.4, -0.2) is 28.4 Å². The lowest BCUT2D eigenvalue weighted by Gasteiger charge is -2.26. The molecular formula is C26H26N2O5S. The van der Waals surface area contributed by atoms with Crippen molar-refractivity contribution in [1.29, 1.82) is 0 Å². The number of benzene rings is 2. The Bertz CT molecular complexity index is 1450. The van der Waals surface area contributed by atoms with Crippen LogP contribution >= 0.6 is 11.3 Å². The smallest absolute Gasteiger partial charge is 0.338 e. The number of rotatable bonds is 6. The molecule has 1 atom stereocenters. The van der Waals surface area contributed by atoms with Gasteiger partial charge in [-0.15, -0.1) is 0 Å². The molecule has 1 aromatic heterocycles. The highest BCUT2D eigenvalue weighted by molar-refractivity contribution is 7.07. The van der Waals surface area contributed by atoms with Gasteiger partial charge < -0.3 is 14.6 Å². The molecule has 2 aromatic carbocycles. The fourth-order valence-electron chi connectivity index (χ4n) is 3.92. The molecule has 0 radical (unpaired) electrons. The van der Waals surface area contributed by atoms with E-state index in [0.717, 1.165) is 0 Å². The molecule has 3 aromatic rings. The predicted octanol–water partition coefficient (Wildman–Crippen LogP) is 3.29. The van der Waals surface area contributed by atoms with Gasteiger partial charge in [0, 0.05) is 5.56 Å². The highest BCUT2D eigenvalue weighted by Gasteiger charge is 2.35. The summed E-state index contributed by atoms with van der Waals surface area (Å²) >= 11 is 1.23. The van der Waals surface area contributed by atoms with Crippen LogP contribution in [-0.2, 0) is 9.53 Å². The van der Waals surface area contributed by atoms with E-state index in [0.29, 0.717) is 37.5 Å². The van der Waals surface area contributed by atoms with E-state index in [-0.39, 0.29) is 24.0 Å². The van der Waals surface area contributed by atoms with Crippen molar-refractivity contribution in [1.82, 2.24) is 4.57 Å². The molecule has 0 bridgehead atoms. The van der Waals surface area contributed by atoms with E-state index in [4.69, 9.17) is 9.47 Å². The van der Waals surface area contributed by atoms with Crippen molar-refractivity contribution >= 4 is 23.4 Å². The first kappa shape index (κ1) is 23.5. The minimum absolute atomic E-state index is 0.0983. The van der Waals surface area contributed by atoms with Gasteiger partial charge in [0.15, 0.2) is 4.80 Å². The van der Waals surface area contributed by atoms with Gasteiger partial charge in [-0.2, -0.15) is 0 Å². The van der Waals surface area contributed by atoms with Gasteiger partial charge in [-0.25, -0.2) is 9.79 Å². The molecular weight excluding hydrogens is 452 g/mol. The van der Waals surface area contributed by atoms with Crippen LogP contribution in [0.1, 0.15) is 44.9 Å². The van der Waals surface area contributed by atoms with E-state index < -0.39 is 12.0 Å². The highest BCUT2D eigenvalue weighted by atomic mass is 32.1. The number of ether oxygens (including phenoxy) is 2. The summed E-state index contributed by atoms with van der Waals surface area (Å²) in [5.41, 5.74) is 1.88. The summed E-state index contributed by atoms with van der Waals surface area (Å²) in [5, 5.41) is 9.81. The second kappa shape index (κ2) is 9.69. The summed E-state index contributed by atoms with van der Waals surface area (Å²) in [6.45, 7) is 7.53. The number of fused-ring (bicyclic) bond motifs is 1. The molecule has 176 valence electrons. The molecule has 0 unspecified atom stereocenters. The summed E-state index contributed by atoms with van der Waals surface area (Å²) in [4.78, 5) is 31.8. The Balaban J connectivity index is 1.99. The number of hydrogen-bond acceptors (Lipinski definition) is 7. The molecule has 1 aliphatic heterocycles. The van der Waals surface area contributed by atoms with Gasteiger partial charge >= 0.3 is 5.97 Å². The van der Waals surface area contributed by atoms with Crippen LogP contribution in [0.2, 0.25) is 0 Å². The zero-order valence-corrected chi connectivity index (χ0v) is 20.3. The number of carbonyl (C=O) groups excluding carboxylic acids is 1. The third-order valence-corrected chi connectivity index (χ3v) is 6.24. The summed E-state index contributed by atoms with van der Waals surface area (Å²) < 4.78 is 13.4. The van der Waals surface area contributed by atoms with Crippen molar-refractivity contribution in [2.45, 2.75) is 39.8 Å². The maximum absolute atomic E-state index is 13.7. The number of para-hydroxylation sites is 1. The maximum Gasteiger partial charge on any atom is 0.338 e. The van der Waals surface area contributed by atoms with E-state index in [9.17, 15) is 14.7 Å². The van der Waals surface area contributed by atoms with Crippen molar-refractivity contribution in [3.8, 4) is 11.5 Å². The Labute approximate surface area is 200 Å². The first-order valence-electron chi connectivity index (χ1n) is 11.0. The second-order valence-electron chi connectivity index (χ2n) is 8.10. The summed E-state index contributed by atoms with van der Waals surface area (Å²) in [5.74, 6) is 0.177.